The smallest absolute Gasteiger partial charge is 0.319 e. The first-order chi connectivity index (χ1) is 11.5. The van der Waals surface area contributed by atoms with Gasteiger partial charge in [-0.05, 0) is 24.0 Å². The second kappa shape index (κ2) is 6.11. The van der Waals surface area contributed by atoms with Gasteiger partial charge in [0, 0.05) is 18.8 Å². The normalized spacial score (nSPS) is 20.5. The molecule has 0 bridgehead atoms. The molecule has 1 saturated heterocycles. The number of benzene rings is 1. The van der Waals surface area contributed by atoms with Gasteiger partial charge in [-0.15, -0.1) is 0 Å². The van der Waals surface area contributed by atoms with Gasteiger partial charge in [0.15, 0.2) is 0 Å². The number of amides is 3. The third kappa shape index (κ3) is 2.58. The van der Waals surface area contributed by atoms with Crippen LogP contribution in [0.2, 0.25) is 0 Å². The number of nitrogens with zero attached hydrogens (tertiary/aromatic N) is 3. The van der Waals surface area contributed by atoms with E-state index in [2.05, 4.69) is 17.3 Å². The maximum absolute atomic E-state index is 13.0. The van der Waals surface area contributed by atoms with Crippen LogP contribution in [0.3, 0.4) is 0 Å². The molecule has 1 aliphatic rings. The Morgan fingerprint density at radius 1 is 1.21 bits per heavy atom. The van der Waals surface area contributed by atoms with E-state index in [0.717, 1.165) is 17.5 Å². The standard InChI is InChI=1S/C18H22N4O2/c1-4-13-7-6-8-14(9-13)11-22-16(23)18(5-2,20-17(22)24)15-10-19-21(3)12-15/h6-10,12H,4-5,11H2,1-3H3,(H,20,24)/t18-/m1/s1. The predicted molar refractivity (Wildman–Crippen MR) is 90.1 cm³/mol. The highest BCUT2D eigenvalue weighted by Gasteiger charge is 2.51. The minimum Gasteiger partial charge on any atom is -0.319 e. The summed E-state index contributed by atoms with van der Waals surface area (Å²) in [6.45, 7) is 4.25. The van der Waals surface area contributed by atoms with E-state index in [9.17, 15) is 9.59 Å². The lowest BCUT2D eigenvalue weighted by Crippen LogP contribution is -2.43. The Labute approximate surface area is 141 Å². The lowest BCUT2D eigenvalue weighted by Gasteiger charge is -2.23. The fourth-order valence-corrected chi connectivity index (χ4v) is 3.18. The summed E-state index contributed by atoms with van der Waals surface area (Å²) in [6, 6.07) is 7.63. The Balaban J connectivity index is 1.90. The van der Waals surface area contributed by atoms with Crippen molar-refractivity contribution in [2.24, 2.45) is 7.05 Å². The second-order valence-corrected chi connectivity index (χ2v) is 6.16. The molecule has 6 nitrogen and oxygen atoms in total. The molecular formula is C18H22N4O2. The molecule has 0 aliphatic carbocycles. The first-order valence-corrected chi connectivity index (χ1v) is 8.21. The zero-order valence-electron chi connectivity index (χ0n) is 14.2. The van der Waals surface area contributed by atoms with Crippen molar-refractivity contribution < 1.29 is 9.59 Å². The zero-order chi connectivity index (χ0) is 17.3. The largest absolute Gasteiger partial charge is 0.325 e. The molecule has 0 unspecified atom stereocenters. The second-order valence-electron chi connectivity index (χ2n) is 6.16. The molecule has 3 amide bonds. The van der Waals surface area contributed by atoms with Crippen LogP contribution in [0.15, 0.2) is 36.7 Å². The number of nitrogens with one attached hydrogen (secondary N) is 1. The number of aromatic nitrogens is 2. The van der Waals surface area contributed by atoms with Crippen LogP contribution in [0, 0.1) is 0 Å². The molecule has 1 atom stereocenters. The summed E-state index contributed by atoms with van der Waals surface area (Å²) in [7, 11) is 1.79. The quantitative estimate of drug-likeness (QED) is 0.858. The van der Waals surface area contributed by atoms with Gasteiger partial charge in [-0.1, -0.05) is 38.1 Å². The van der Waals surface area contributed by atoms with Crippen LogP contribution in [0.1, 0.15) is 37.0 Å². The van der Waals surface area contributed by atoms with Crippen molar-refractivity contribution in [1.82, 2.24) is 20.0 Å². The summed E-state index contributed by atoms with van der Waals surface area (Å²) in [5, 5.41) is 7.02. The predicted octanol–water partition coefficient (Wildman–Crippen LogP) is 2.34. The molecule has 3 rings (SSSR count). The number of rotatable bonds is 5. The van der Waals surface area contributed by atoms with Crippen molar-refractivity contribution in [3.05, 3.63) is 53.3 Å². The van der Waals surface area contributed by atoms with E-state index in [-0.39, 0.29) is 18.5 Å². The lowest BCUT2D eigenvalue weighted by atomic mass is 9.89. The van der Waals surface area contributed by atoms with Gasteiger partial charge in [0.1, 0.15) is 5.54 Å². The summed E-state index contributed by atoms with van der Waals surface area (Å²) in [6.07, 6.45) is 4.82. The Hall–Kier alpha value is -2.63. The van der Waals surface area contributed by atoms with Crippen molar-refractivity contribution in [3.63, 3.8) is 0 Å². The van der Waals surface area contributed by atoms with E-state index >= 15 is 0 Å². The van der Waals surface area contributed by atoms with Crippen molar-refractivity contribution >= 4 is 11.9 Å². The van der Waals surface area contributed by atoms with Crippen LogP contribution in [0.5, 0.6) is 0 Å². The third-order valence-corrected chi connectivity index (χ3v) is 4.64. The molecule has 1 aromatic carbocycles. The average molecular weight is 326 g/mol. The average Bonchev–Trinajstić information content (AvgIpc) is 3.12. The van der Waals surface area contributed by atoms with Gasteiger partial charge < -0.3 is 5.32 Å². The Morgan fingerprint density at radius 2 is 1.96 bits per heavy atom. The van der Waals surface area contributed by atoms with E-state index in [0.29, 0.717) is 6.42 Å². The molecule has 6 heteroatoms. The number of aryl methyl sites for hydroxylation is 2. The van der Waals surface area contributed by atoms with Crippen LogP contribution in [-0.4, -0.2) is 26.6 Å². The number of imide groups is 1. The van der Waals surface area contributed by atoms with Gasteiger partial charge in [0.25, 0.3) is 5.91 Å². The summed E-state index contributed by atoms with van der Waals surface area (Å²) in [5.41, 5.74) is 1.84. The Kier molecular flexibility index (Phi) is 4.13. The molecule has 0 saturated carbocycles. The molecule has 1 fully saturated rings. The minimum absolute atomic E-state index is 0.218. The number of carbonyl (C=O) groups is 2. The SMILES string of the molecule is CCc1cccc(CN2C(=O)N[C@](CC)(c3cnn(C)c3)C2=O)c1. The van der Waals surface area contributed by atoms with E-state index in [1.807, 2.05) is 31.2 Å². The molecule has 0 radical (unpaired) electrons. The molecule has 1 N–H and O–H groups in total. The molecular weight excluding hydrogens is 304 g/mol. The Bertz CT molecular complexity index is 783. The maximum Gasteiger partial charge on any atom is 0.325 e. The number of hydrogen-bond donors (Lipinski definition) is 1. The number of urea groups is 1. The summed E-state index contributed by atoms with van der Waals surface area (Å²) < 4.78 is 1.64. The maximum atomic E-state index is 13.0. The number of hydrogen-bond acceptors (Lipinski definition) is 3. The van der Waals surface area contributed by atoms with Crippen molar-refractivity contribution in [2.45, 2.75) is 38.8 Å². The van der Waals surface area contributed by atoms with Gasteiger partial charge in [-0.2, -0.15) is 5.10 Å². The third-order valence-electron chi connectivity index (χ3n) is 4.64. The molecule has 1 aliphatic heterocycles. The molecule has 126 valence electrons. The fourth-order valence-electron chi connectivity index (χ4n) is 3.18. The van der Waals surface area contributed by atoms with E-state index in [4.69, 9.17) is 0 Å². The molecule has 2 heterocycles. The molecule has 2 aromatic rings. The van der Waals surface area contributed by atoms with Gasteiger partial charge in [0.05, 0.1) is 12.7 Å². The molecule has 1 aromatic heterocycles. The summed E-state index contributed by atoms with van der Waals surface area (Å²) >= 11 is 0. The topological polar surface area (TPSA) is 67.2 Å². The monoisotopic (exact) mass is 326 g/mol. The van der Waals surface area contributed by atoms with Crippen LogP contribution >= 0.6 is 0 Å². The van der Waals surface area contributed by atoms with E-state index in [1.165, 1.54) is 10.5 Å². The Morgan fingerprint density at radius 3 is 2.58 bits per heavy atom. The van der Waals surface area contributed by atoms with Crippen molar-refractivity contribution in [2.75, 3.05) is 0 Å². The van der Waals surface area contributed by atoms with E-state index < -0.39 is 5.54 Å². The van der Waals surface area contributed by atoms with Crippen molar-refractivity contribution in [3.8, 4) is 0 Å². The summed E-state index contributed by atoms with van der Waals surface area (Å²) in [4.78, 5) is 26.8. The minimum atomic E-state index is -1.02. The molecule has 24 heavy (non-hydrogen) atoms. The van der Waals surface area contributed by atoms with Gasteiger partial charge in [-0.25, -0.2) is 4.79 Å². The first-order valence-electron chi connectivity index (χ1n) is 8.21. The lowest BCUT2D eigenvalue weighted by molar-refractivity contribution is -0.132. The highest BCUT2D eigenvalue weighted by Crippen LogP contribution is 2.32. The first kappa shape index (κ1) is 16.2. The summed E-state index contributed by atoms with van der Waals surface area (Å²) in [5.74, 6) is -0.218. The van der Waals surface area contributed by atoms with Crippen molar-refractivity contribution in [1.29, 1.82) is 0 Å². The van der Waals surface area contributed by atoms with Crippen LogP contribution in [0.25, 0.3) is 0 Å². The van der Waals surface area contributed by atoms with E-state index in [1.54, 1.807) is 24.1 Å². The highest BCUT2D eigenvalue weighted by molar-refractivity contribution is 6.07. The molecule has 0 spiro atoms. The van der Waals surface area contributed by atoms with Crippen LogP contribution in [0.4, 0.5) is 4.79 Å². The highest BCUT2D eigenvalue weighted by atomic mass is 16.2. The van der Waals surface area contributed by atoms with Crippen LogP contribution < -0.4 is 5.32 Å². The van der Waals surface area contributed by atoms with Gasteiger partial charge in [-0.3, -0.25) is 14.4 Å². The van der Waals surface area contributed by atoms with Gasteiger partial charge in [0.2, 0.25) is 0 Å². The zero-order valence-corrected chi connectivity index (χ0v) is 14.2. The van der Waals surface area contributed by atoms with Gasteiger partial charge >= 0.3 is 6.03 Å². The number of carbonyl (C=O) groups excluding carboxylic acids is 2. The fraction of sp³-hybridized carbons (Fsp3) is 0.389. The van der Waals surface area contributed by atoms with Crippen LogP contribution in [-0.2, 0) is 30.3 Å².